The summed E-state index contributed by atoms with van der Waals surface area (Å²) in [6, 6.07) is 3.01. The molecule has 0 bridgehead atoms. The number of halogens is 1. The Kier molecular flexibility index (Phi) is 8.52. The number of benzene rings is 1. The molecule has 1 N–H and O–H groups in total. The largest absolute Gasteiger partial charge is 0.467 e. The minimum Gasteiger partial charge on any atom is -0.467 e. The molecule has 2 heterocycles. The van der Waals surface area contributed by atoms with Crippen molar-refractivity contribution in [3.63, 3.8) is 0 Å². The monoisotopic (exact) mass is 409 g/mol. The third-order valence-electron chi connectivity index (χ3n) is 5.10. The van der Waals surface area contributed by atoms with Gasteiger partial charge in [0.05, 0.1) is 26.4 Å². The second kappa shape index (κ2) is 11.3. The molecule has 8 heteroatoms. The Morgan fingerprint density at radius 1 is 1.38 bits per heavy atom. The van der Waals surface area contributed by atoms with Gasteiger partial charge in [-0.05, 0) is 37.5 Å². The zero-order valence-corrected chi connectivity index (χ0v) is 17.4. The highest BCUT2D eigenvalue weighted by molar-refractivity contribution is 5.80. The molecule has 1 unspecified atom stereocenters. The van der Waals surface area contributed by atoms with Gasteiger partial charge in [-0.2, -0.15) is 0 Å². The van der Waals surface area contributed by atoms with E-state index in [-0.39, 0.29) is 12.6 Å². The fourth-order valence-electron chi connectivity index (χ4n) is 3.70. The molecule has 0 spiro atoms. The van der Waals surface area contributed by atoms with Crippen molar-refractivity contribution in [1.29, 1.82) is 0 Å². The summed E-state index contributed by atoms with van der Waals surface area (Å²) in [6.07, 6.45) is 1.70. The van der Waals surface area contributed by atoms with Crippen LogP contribution in [0, 0.1) is 11.7 Å². The molecule has 1 aromatic carbocycles. The second-order valence-corrected chi connectivity index (χ2v) is 7.32. The van der Waals surface area contributed by atoms with Crippen molar-refractivity contribution >= 4 is 5.96 Å². The first-order valence-corrected chi connectivity index (χ1v) is 10.3. The second-order valence-electron chi connectivity index (χ2n) is 7.32. The average molecular weight is 410 g/mol. The minimum absolute atomic E-state index is 0.207. The van der Waals surface area contributed by atoms with E-state index in [1.807, 2.05) is 0 Å². The van der Waals surface area contributed by atoms with E-state index in [0.717, 1.165) is 55.5 Å². The highest BCUT2D eigenvalue weighted by Crippen LogP contribution is 2.29. The van der Waals surface area contributed by atoms with Gasteiger partial charge in [0, 0.05) is 44.8 Å². The summed E-state index contributed by atoms with van der Waals surface area (Å²) in [5.41, 5.74) is 1.60. The molecule has 162 valence electrons. The van der Waals surface area contributed by atoms with Crippen molar-refractivity contribution in [3.05, 3.63) is 29.1 Å². The standard InChI is InChI=1S/C21H32FN3O4/c1-3-23-21(25-7-5-16(12-25)13-27-9-8-26-2)24-6-4-17-10-19(22)11-18-14-28-15-29-20(17)18/h10-11,16H,3-9,12-15H2,1-2H3,(H,23,24). The van der Waals surface area contributed by atoms with Crippen molar-refractivity contribution in [1.82, 2.24) is 10.2 Å². The number of ether oxygens (including phenoxy) is 4. The van der Waals surface area contributed by atoms with E-state index in [4.69, 9.17) is 23.9 Å². The highest BCUT2D eigenvalue weighted by atomic mass is 19.1. The molecule has 0 saturated carbocycles. The van der Waals surface area contributed by atoms with Gasteiger partial charge in [-0.1, -0.05) is 0 Å². The summed E-state index contributed by atoms with van der Waals surface area (Å²) >= 11 is 0. The fraction of sp³-hybridized carbons (Fsp3) is 0.667. The van der Waals surface area contributed by atoms with E-state index in [0.29, 0.717) is 38.7 Å². The minimum atomic E-state index is -0.264. The molecule has 0 radical (unpaired) electrons. The Morgan fingerprint density at radius 2 is 2.28 bits per heavy atom. The Hall–Kier alpha value is -1.90. The third-order valence-corrected chi connectivity index (χ3v) is 5.10. The van der Waals surface area contributed by atoms with Crippen LogP contribution in [0.5, 0.6) is 5.75 Å². The van der Waals surface area contributed by atoms with Crippen LogP contribution in [0.25, 0.3) is 0 Å². The normalized spacial score (nSPS) is 19.2. The van der Waals surface area contributed by atoms with Crippen LogP contribution in [0.15, 0.2) is 17.1 Å². The summed E-state index contributed by atoms with van der Waals surface area (Å²) in [5.74, 6) is 1.88. The molecule has 29 heavy (non-hydrogen) atoms. The number of hydrogen-bond acceptors (Lipinski definition) is 5. The van der Waals surface area contributed by atoms with Gasteiger partial charge >= 0.3 is 0 Å². The lowest BCUT2D eigenvalue weighted by molar-refractivity contribution is -0.0172. The Bertz CT molecular complexity index is 686. The number of guanidine groups is 1. The lowest BCUT2D eigenvalue weighted by atomic mass is 10.1. The zero-order chi connectivity index (χ0) is 20.5. The number of likely N-dealkylation sites (tertiary alicyclic amines) is 1. The Balaban J connectivity index is 1.56. The maximum Gasteiger partial charge on any atom is 0.193 e. The van der Waals surface area contributed by atoms with Gasteiger partial charge in [-0.3, -0.25) is 4.99 Å². The van der Waals surface area contributed by atoms with Crippen molar-refractivity contribution in [2.75, 3.05) is 59.9 Å². The van der Waals surface area contributed by atoms with Crippen LogP contribution in [0.4, 0.5) is 4.39 Å². The van der Waals surface area contributed by atoms with E-state index in [9.17, 15) is 4.39 Å². The van der Waals surface area contributed by atoms with Crippen molar-refractivity contribution in [3.8, 4) is 5.75 Å². The first-order valence-electron chi connectivity index (χ1n) is 10.3. The lowest BCUT2D eigenvalue weighted by Gasteiger charge is -2.22. The molecule has 1 saturated heterocycles. The molecular formula is C21H32FN3O4. The van der Waals surface area contributed by atoms with Crippen molar-refractivity contribution in [2.24, 2.45) is 10.9 Å². The van der Waals surface area contributed by atoms with Crippen LogP contribution in [0.1, 0.15) is 24.5 Å². The summed E-state index contributed by atoms with van der Waals surface area (Å²) in [7, 11) is 1.68. The number of aliphatic imine (C=N–C) groups is 1. The van der Waals surface area contributed by atoms with Crippen LogP contribution >= 0.6 is 0 Å². The third kappa shape index (κ3) is 6.29. The van der Waals surface area contributed by atoms with E-state index < -0.39 is 0 Å². The molecule has 0 aliphatic carbocycles. The SMILES string of the molecule is CCNC(=NCCc1cc(F)cc2c1OCOC2)N1CCC(COCCOC)C1. The van der Waals surface area contributed by atoms with Gasteiger partial charge in [0.25, 0.3) is 0 Å². The van der Waals surface area contributed by atoms with Crippen LogP contribution in [0.2, 0.25) is 0 Å². The molecule has 2 aliphatic heterocycles. The summed E-state index contributed by atoms with van der Waals surface area (Å²) in [5, 5.41) is 3.37. The predicted molar refractivity (Wildman–Crippen MR) is 109 cm³/mol. The number of hydrogen-bond donors (Lipinski definition) is 1. The number of methoxy groups -OCH3 is 1. The van der Waals surface area contributed by atoms with Crippen molar-refractivity contribution < 1.29 is 23.3 Å². The summed E-state index contributed by atoms with van der Waals surface area (Å²) in [4.78, 5) is 7.05. The molecular weight excluding hydrogens is 377 g/mol. The number of fused-ring (bicyclic) bond motifs is 1. The number of nitrogens with zero attached hydrogens (tertiary/aromatic N) is 2. The number of nitrogens with one attached hydrogen (secondary N) is 1. The maximum atomic E-state index is 13.9. The maximum absolute atomic E-state index is 13.9. The Morgan fingerprint density at radius 3 is 3.10 bits per heavy atom. The molecule has 1 aromatic rings. The van der Waals surface area contributed by atoms with Gasteiger partial charge in [0.2, 0.25) is 0 Å². The van der Waals surface area contributed by atoms with Gasteiger partial charge in [-0.15, -0.1) is 0 Å². The van der Waals surface area contributed by atoms with Gasteiger partial charge in [-0.25, -0.2) is 4.39 Å². The van der Waals surface area contributed by atoms with E-state index >= 15 is 0 Å². The number of rotatable bonds is 9. The first-order chi connectivity index (χ1) is 14.2. The topological polar surface area (TPSA) is 64.6 Å². The highest BCUT2D eigenvalue weighted by Gasteiger charge is 2.25. The lowest BCUT2D eigenvalue weighted by Crippen LogP contribution is -2.40. The molecule has 3 rings (SSSR count). The van der Waals surface area contributed by atoms with Crippen LogP contribution in [0.3, 0.4) is 0 Å². The molecule has 0 aromatic heterocycles. The summed E-state index contributed by atoms with van der Waals surface area (Å²) in [6.45, 7) is 7.91. The molecule has 1 fully saturated rings. The van der Waals surface area contributed by atoms with Gasteiger partial charge in [0.15, 0.2) is 12.8 Å². The quantitative estimate of drug-likeness (QED) is 0.383. The average Bonchev–Trinajstić information content (AvgIpc) is 3.19. The van der Waals surface area contributed by atoms with Gasteiger partial charge < -0.3 is 29.2 Å². The Labute approximate surface area is 172 Å². The molecule has 0 amide bonds. The van der Waals surface area contributed by atoms with Gasteiger partial charge in [0.1, 0.15) is 11.6 Å². The predicted octanol–water partition coefficient (Wildman–Crippen LogP) is 2.19. The fourth-order valence-corrected chi connectivity index (χ4v) is 3.70. The van der Waals surface area contributed by atoms with E-state index in [2.05, 4.69) is 17.1 Å². The molecule has 1 atom stereocenters. The van der Waals surface area contributed by atoms with Crippen LogP contribution in [-0.2, 0) is 27.2 Å². The van der Waals surface area contributed by atoms with E-state index in [1.54, 1.807) is 7.11 Å². The van der Waals surface area contributed by atoms with Crippen LogP contribution < -0.4 is 10.1 Å². The zero-order valence-electron chi connectivity index (χ0n) is 17.4. The first kappa shape index (κ1) is 21.8. The smallest absolute Gasteiger partial charge is 0.193 e. The van der Waals surface area contributed by atoms with E-state index in [1.165, 1.54) is 12.1 Å². The summed E-state index contributed by atoms with van der Waals surface area (Å²) < 4.78 is 35.5. The molecule has 7 nitrogen and oxygen atoms in total. The van der Waals surface area contributed by atoms with Crippen molar-refractivity contribution in [2.45, 2.75) is 26.4 Å². The van der Waals surface area contributed by atoms with Crippen LogP contribution in [-0.4, -0.2) is 70.8 Å². The molecule has 2 aliphatic rings.